The van der Waals surface area contributed by atoms with Crippen LogP contribution >= 0.6 is 0 Å². The van der Waals surface area contributed by atoms with E-state index in [9.17, 15) is 4.79 Å². The van der Waals surface area contributed by atoms with Gasteiger partial charge in [0.2, 0.25) is 5.91 Å². The molecule has 0 fully saturated rings. The molecule has 4 nitrogen and oxygen atoms in total. The van der Waals surface area contributed by atoms with Crippen LogP contribution in [0, 0.1) is 5.92 Å². The highest BCUT2D eigenvalue weighted by Gasteiger charge is 2.25. The number of aliphatic hydroxyl groups is 1. The molecule has 2 atom stereocenters. The molecule has 0 saturated carbocycles. The van der Waals surface area contributed by atoms with Gasteiger partial charge in [0.05, 0.1) is 12.6 Å². The Kier molecular flexibility index (Phi) is 6.52. The number of amides is 1. The average molecular weight is 216 g/mol. The molecule has 0 aliphatic carbocycles. The summed E-state index contributed by atoms with van der Waals surface area (Å²) in [5, 5.41) is 8.88. The van der Waals surface area contributed by atoms with Crippen molar-refractivity contribution in [3.63, 3.8) is 0 Å². The Bertz CT molecular complexity index is 195. The van der Waals surface area contributed by atoms with E-state index in [4.69, 9.17) is 10.8 Å². The van der Waals surface area contributed by atoms with E-state index in [1.807, 2.05) is 27.7 Å². The zero-order valence-corrected chi connectivity index (χ0v) is 10.2. The highest BCUT2D eigenvalue weighted by Crippen LogP contribution is 2.10. The Hall–Kier alpha value is -0.610. The normalized spacial score (nSPS) is 15.1. The minimum absolute atomic E-state index is 0.0167. The fourth-order valence-electron chi connectivity index (χ4n) is 1.42. The van der Waals surface area contributed by atoms with E-state index in [2.05, 4.69) is 0 Å². The summed E-state index contributed by atoms with van der Waals surface area (Å²) in [4.78, 5) is 13.6. The van der Waals surface area contributed by atoms with Gasteiger partial charge in [0.25, 0.3) is 0 Å². The van der Waals surface area contributed by atoms with Gasteiger partial charge in [-0.25, -0.2) is 0 Å². The van der Waals surface area contributed by atoms with Crippen LogP contribution < -0.4 is 5.73 Å². The van der Waals surface area contributed by atoms with Crippen LogP contribution in [0.3, 0.4) is 0 Å². The van der Waals surface area contributed by atoms with Gasteiger partial charge >= 0.3 is 0 Å². The minimum Gasteiger partial charge on any atom is -0.395 e. The van der Waals surface area contributed by atoms with Crippen molar-refractivity contribution < 1.29 is 9.90 Å². The van der Waals surface area contributed by atoms with E-state index >= 15 is 0 Å². The maximum absolute atomic E-state index is 12.0. The van der Waals surface area contributed by atoms with Crippen LogP contribution in [0.2, 0.25) is 0 Å². The Morgan fingerprint density at radius 2 is 1.93 bits per heavy atom. The zero-order chi connectivity index (χ0) is 12.0. The van der Waals surface area contributed by atoms with Crippen LogP contribution in [0.1, 0.15) is 34.1 Å². The third-order valence-corrected chi connectivity index (χ3v) is 2.79. The lowest BCUT2D eigenvalue weighted by Crippen LogP contribution is -2.50. The Labute approximate surface area is 92.4 Å². The molecule has 15 heavy (non-hydrogen) atoms. The van der Waals surface area contributed by atoms with Crippen molar-refractivity contribution >= 4 is 5.91 Å². The topological polar surface area (TPSA) is 66.6 Å². The molecular weight excluding hydrogens is 192 g/mol. The molecule has 0 aromatic carbocycles. The third-order valence-electron chi connectivity index (χ3n) is 2.79. The van der Waals surface area contributed by atoms with Crippen molar-refractivity contribution in [3.8, 4) is 0 Å². The maximum Gasteiger partial charge on any atom is 0.240 e. The molecule has 90 valence electrons. The van der Waals surface area contributed by atoms with Crippen molar-refractivity contribution in [1.82, 2.24) is 4.90 Å². The third kappa shape index (κ3) is 4.18. The van der Waals surface area contributed by atoms with E-state index < -0.39 is 6.04 Å². The van der Waals surface area contributed by atoms with Gasteiger partial charge in [-0.15, -0.1) is 0 Å². The summed E-state index contributed by atoms with van der Waals surface area (Å²) in [5.74, 6) is 0.117. The first-order valence-corrected chi connectivity index (χ1v) is 5.62. The number of hydrogen-bond donors (Lipinski definition) is 2. The molecule has 1 unspecified atom stereocenters. The lowest BCUT2D eigenvalue weighted by Gasteiger charge is -2.30. The quantitative estimate of drug-likeness (QED) is 0.683. The van der Waals surface area contributed by atoms with E-state index in [1.165, 1.54) is 0 Å². The van der Waals surface area contributed by atoms with Crippen molar-refractivity contribution in [2.75, 3.05) is 13.2 Å². The van der Waals surface area contributed by atoms with Crippen molar-refractivity contribution in [2.45, 2.75) is 46.2 Å². The van der Waals surface area contributed by atoms with Crippen LogP contribution in [-0.4, -0.2) is 41.1 Å². The van der Waals surface area contributed by atoms with Gasteiger partial charge in [0.15, 0.2) is 0 Å². The molecule has 0 rings (SSSR count). The number of nitrogens with zero attached hydrogens (tertiary/aromatic N) is 1. The zero-order valence-electron chi connectivity index (χ0n) is 10.2. The largest absolute Gasteiger partial charge is 0.395 e. The fraction of sp³-hybridized carbons (Fsp3) is 0.909. The lowest BCUT2D eigenvalue weighted by molar-refractivity contribution is -0.136. The highest BCUT2D eigenvalue weighted by atomic mass is 16.3. The van der Waals surface area contributed by atoms with Crippen molar-refractivity contribution in [3.05, 3.63) is 0 Å². The smallest absolute Gasteiger partial charge is 0.240 e. The standard InChI is InChI=1S/C11H24N2O2/c1-5-9(4)10(12)11(15)13(6-7-14)8(2)3/h8-10,14H,5-7,12H2,1-4H3/t9?,10-/m0/s1. The van der Waals surface area contributed by atoms with Gasteiger partial charge < -0.3 is 15.7 Å². The summed E-state index contributed by atoms with van der Waals surface area (Å²) in [6.07, 6.45) is 0.887. The second kappa shape index (κ2) is 6.80. The van der Waals surface area contributed by atoms with Crippen LogP contribution in [0.4, 0.5) is 0 Å². The van der Waals surface area contributed by atoms with Gasteiger partial charge in [0, 0.05) is 12.6 Å². The van der Waals surface area contributed by atoms with Crippen LogP contribution in [-0.2, 0) is 4.79 Å². The molecule has 0 bridgehead atoms. The summed E-state index contributed by atoms with van der Waals surface area (Å²) < 4.78 is 0. The van der Waals surface area contributed by atoms with Gasteiger partial charge in [-0.2, -0.15) is 0 Å². The second-order valence-corrected chi connectivity index (χ2v) is 4.26. The van der Waals surface area contributed by atoms with E-state index in [1.54, 1.807) is 4.90 Å². The first kappa shape index (κ1) is 14.4. The molecule has 0 aromatic heterocycles. The molecule has 1 amide bonds. The summed E-state index contributed by atoms with van der Waals surface area (Å²) in [6.45, 7) is 8.19. The van der Waals surface area contributed by atoms with Crippen LogP contribution in [0.25, 0.3) is 0 Å². The molecule has 0 radical (unpaired) electrons. The molecule has 0 saturated heterocycles. The van der Waals surface area contributed by atoms with Crippen molar-refractivity contribution in [1.29, 1.82) is 0 Å². The number of carbonyl (C=O) groups is 1. The Morgan fingerprint density at radius 3 is 2.27 bits per heavy atom. The first-order valence-electron chi connectivity index (χ1n) is 5.62. The van der Waals surface area contributed by atoms with E-state index in [0.29, 0.717) is 6.54 Å². The monoisotopic (exact) mass is 216 g/mol. The molecule has 0 aliphatic heterocycles. The van der Waals surface area contributed by atoms with Gasteiger partial charge in [-0.1, -0.05) is 20.3 Å². The maximum atomic E-state index is 12.0. The molecule has 0 aliphatic rings. The lowest BCUT2D eigenvalue weighted by atomic mass is 9.98. The second-order valence-electron chi connectivity index (χ2n) is 4.26. The Morgan fingerprint density at radius 1 is 1.40 bits per heavy atom. The predicted molar refractivity (Wildman–Crippen MR) is 61.4 cm³/mol. The van der Waals surface area contributed by atoms with Crippen LogP contribution in [0.15, 0.2) is 0 Å². The predicted octanol–water partition coefficient (Wildman–Crippen LogP) is 0.589. The minimum atomic E-state index is -0.455. The van der Waals surface area contributed by atoms with E-state index in [-0.39, 0.29) is 24.5 Å². The molecule has 3 N–H and O–H groups in total. The number of carbonyl (C=O) groups excluding carboxylic acids is 1. The summed E-state index contributed by atoms with van der Waals surface area (Å²) in [5.41, 5.74) is 5.87. The number of aliphatic hydroxyl groups excluding tert-OH is 1. The number of rotatable bonds is 6. The van der Waals surface area contributed by atoms with Crippen molar-refractivity contribution in [2.24, 2.45) is 11.7 Å². The molecule has 0 heterocycles. The fourth-order valence-corrected chi connectivity index (χ4v) is 1.42. The summed E-state index contributed by atoms with van der Waals surface area (Å²) >= 11 is 0. The number of nitrogens with two attached hydrogens (primary N) is 1. The average Bonchev–Trinajstić information content (AvgIpc) is 2.22. The number of hydrogen-bond acceptors (Lipinski definition) is 3. The van der Waals surface area contributed by atoms with Gasteiger partial charge in [0.1, 0.15) is 0 Å². The summed E-state index contributed by atoms with van der Waals surface area (Å²) in [7, 11) is 0. The SMILES string of the molecule is CCC(C)[C@H](N)C(=O)N(CCO)C(C)C. The first-order chi connectivity index (χ1) is 6.95. The van der Waals surface area contributed by atoms with Crippen LogP contribution in [0.5, 0.6) is 0 Å². The molecule has 0 aromatic rings. The van der Waals surface area contributed by atoms with Gasteiger partial charge in [-0.05, 0) is 19.8 Å². The van der Waals surface area contributed by atoms with E-state index in [0.717, 1.165) is 6.42 Å². The molecule has 0 spiro atoms. The molecular formula is C11H24N2O2. The summed E-state index contributed by atoms with van der Waals surface area (Å²) in [6, 6.07) is -0.372. The Balaban J connectivity index is 4.48. The van der Waals surface area contributed by atoms with Gasteiger partial charge in [-0.3, -0.25) is 4.79 Å². The highest BCUT2D eigenvalue weighted by molar-refractivity contribution is 5.82. The molecule has 4 heteroatoms.